The van der Waals surface area contributed by atoms with Gasteiger partial charge in [-0.1, -0.05) is 61.3 Å². The number of allylic oxidation sites excluding steroid dienone is 5. The van der Waals surface area contributed by atoms with Crippen molar-refractivity contribution in [1.82, 2.24) is 9.97 Å². The number of nitrogens with one attached hydrogen (secondary N) is 1. The van der Waals surface area contributed by atoms with Gasteiger partial charge in [0.1, 0.15) is 10.3 Å². The van der Waals surface area contributed by atoms with Crippen molar-refractivity contribution in [2.45, 2.75) is 26.7 Å². The lowest BCUT2D eigenvalue weighted by molar-refractivity contribution is -0.146. The van der Waals surface area contributed by atoms with Crippen LogP contribution in [0.25, 0.3) is 16.6 Å². The van der Waals surface area contributed by atoms with Crippen LogP contribution < -0.4 is 0 Å². The fourth-order valence-corrected chi connectivity index (χ4v) is 4.58. The second kappa shape index (κ2) is 6.25. The third-order valence-electron chi connectivity index (χ3n) is 5.93. The lowest BCUT2D eigenvalue weighted by Crippen LogP contribution is -2.38. The third kappa shape index (κ3) is 2.91. The monoisotopic (exact) mass is 402 g/mol. The molecule has 6 heteroatoms. The minimum atomic E-state index is -0.738. The van der Waals surface area contributed by atoms with Crippen LogP contribution in [-0.2, 0) is 4.79 Å². The molecule has 0 saturated heterocycles. The highest BCUT2D eigenvalue weighted by Crippen LogP contribution is 2.62. The van der Waals surface area contributed by atoms with Gasteiger partial charge < -0.3 is 10.1 Å². The summed E-state index contributed by atoms with van der Waals surface area (Å²) < 4.78 is 0.140. The maximum absolute atomic E-state index is 11.9. The Labute approximate surface area is 167 Å². The van der Waals surface area contributed by atoms with E-state index in [4.69, 9.17) is 28.2 Å². The molecule has 1 fully saturated rings. The van der Waals surface area contributed by atoms with Gasteiger partial charge in [-0.3, -0.25) is 4.79 Å². The van der Waals surface area contributed by atoms with Crippen molar-refractivity contribution < 1.29 is 9.90 Å². The number of hydrogen-bond acceptors (Lipinski definition) is 2. The molecule has 1 saturated carbocycles. The Bertz CT molecular complexity index is 989. The number of aromatic amines is 1. The number of halogens is 2. The number of fused-ring (bicyclic) bond motifs is 1. The van der Waals surface area contributed by atoms with E-state index in [1.165, 1.54) is 0 Å². The van der Waals surface area contributed by atoms with Crippen molar-refractivity contribution in [1.29, 1.82) is 0 Å². The lowest BCUT2D eigenvalue weighted by Gasteiger charge is -2.41. The average molecular weight is 403 g/mol. The Balaban J connectivity index is 1.88. The molecule has 0 radical (unpaired) electrons. The Hall–Kier alpha value is -2.04. The second-order valence-corrected chi connectivity index (χ2v) is 8.89. The summed E-state index contributed by atoms with van der Waals surface area (Å²) >= 11 is 12.1. The molecule has 2 aliphatic rings. The first kappa shape index (κ1) is 18.3. The van der Waals surface area contributed by atoms with Crippen molar-refractivity contribution in [3.05, 3.63) is 58.4 Å². The molecule has 1 heterocycles. The van der Waals surface area contributed by atoms with E-state index in [0.717, 1.165) is 28.0 Å². The molecule has 0 aliphatic heterocycles. The van der Waals surface area contributed by atoms with Gasteiger partial charge in [0.05, 0.1) is 16.4 Å². The molecule has 0 spiro atoms. The fourth-order valence-electron chi connectivity index (χ4n) is 4.36. The highest BCUT2D eigenvalue weighted by Gasteiger charge is 2.60. The second-order valence-electron chi connectivity index (χ2n) is 7.88. The van der Waals surface area contributed by atoms with Gasteiger partial charge in [-0.2, -0.15) is 0 Å². The molecule has 27 heavy (non-hydrogen) atoms. The summed E-state index contributed by atoms with van der Waals surface area (Å²) in [6.07, 6.45) is 7.07. The van der Waals surface area contributed by atoms with Crippen molar-refractivity contribution >= 4 is 45.8 Å². The van der Waals surface area contributed by atoms with Crippen molar-refractivity contribution in [3.63, 3.8) is 0 Å². The van der Waals surface area contributed by atoms with E-state index in [0.29, 0.717) is 12.8 Å². The molecule has 2 aromatic rings. The van der Waals surface area contributed by atoms with Gasteiger partial charge in [-0.25, -0.2) is 4.98 Å². The fraction of sp³-hybridized carbons (Fsp3) is 0.333. The van der Waals surface area contributed by atoms with Gasteiger partial charge in [-0.05, 0) is 42.0 Å². The SMILES string of the molecule is CC1(C)C(C=C(Cl)Cl)=C(c2nc3ccccc3[nH]2)C=CC1C1(C(=O)O)CC1. The normalized spacial score (nSPS) is 22.7. The highest BCUT2D eigenvalue weighted by atomic mass is 35.5. The number of nitrogens with zero attached hydrogens (tertiary/aromatic N) is 1. The van der Waals surface area contributed by atoms with Crippen LogP contribution in [0.15, 0.2) is 52.6 Å². The predicted octanol–water partition coefficient (Wildman–Crippen LogP) is 5.71. The molecule has 0 amide bonds. The number of H-pyrrole nitrogens is 1. The van der Waals surface area contributed by atoms with Gasteiger partial charge in [0.2, 0.25) is 0 Å². The molecule has 1 aromatic heterocycles. The molecule has 4 rings (SSSR count). The molecular formula is C21H20Cl2N2O2. The summed E-state index contributed by atoms with van der Waals surface area (Å²) in [6.45, 7) is 4.10. The quantitative estimate of drug-likeness (QED) is 0.687. The standard InChI is InChI=1S/C21H20Cl2N2O2/c1-20(2)13(11-17(22)23)12(7-8-16(20)21(9-10-21)19(26)27)18-24-14-5-3-4-6-15(14)25-18/h3-8,11,16H,9-10H2,1-2H3,(H,24,25)(H,26,27). The van der Waals surface area contributed by atoms with Gasteiger partial charge in [0.25, 0.3) is 0 Å². The minimum absolute atomic E-state index is 0.140. The van der Waals surface area contributed by atoms with Crippen LogP contribution in [0.3, 0.4) is 0 Å². The van der Waals surface area contributed by atoms with Crippen LogP contribution in [0.2, 0.25) is 0 Å². The molecule has 1 unspecified atom stereocenters. The largest absolute Gasteiger partial charge is 0.481 e. The number of imidazole rings is 1. The smallest absolute Gasteiger partial charge is 0.310 e. The van der Waals surface area contributed by atoms with Crippen LogP contribution in [0, 0.1) is 16.7 Å². The van der Waals surface area contributed by atoms with Crippen LogP contribution in [0.5, 0.6) is 0 Å². The van der Waals surface area contributed by atoms with Crippen LogP contribution in [0.4, 0.5) is 0 Å². The van der Waals surface area contributed by atoms with Crippen LogP contribution in [0.1, 0.15) is 32.5 Å². The predicted molar refractivity (Wildman–Crippen MR) is 109 cm³/mol. The molecule has 2 aliphatic carbocycles. The number of para-hydroxylation sites is 2. The van der Waals surface area contributed by atoms with E-state index in [-0.39, 0.29) is 10.4 Å². The van der Waals surface area contributed by atoms with Crippen LogP contribution >= 0.6 is 23.2 Å². The first-order valence-electron chi connectivity index (χ1n) is 8.90. The molecule has 4 nitrogen and oxygen atoms in total. The van der Waals surface area contributed by atoms with Gasteiger partial charge >= 0.3 is 5.97 Å². The molecule has 140 valence electrons. The van der Waals surface area contributed by atoms with Gasteiger partial charge in [0.15, 0.2) is 0 Å². The topological polar surface area (TPSA) is 66.0 Å². The van der Waals surface area contributed by atoms with E-state index in [2.05, 4.69) is 18.8 Å². The van der Waals surface area contributed by atoms with Gasteiger partial charge in [0, 0.05) is 11.5 Å². The number of carboxylic acids is 1. The summed E-state index contributed by atoms with van der Waals surface area (Å²) in [6, 6.07) is 7.82. The molecule has 2 N–H and O–H groups in total. The van der Waals surface area contributed by atoms with E-state index >= 15 is 0 Å². The average Bonchev–Trinajstić information content (AvgIpc) is 3.28. The molecular weight excluding hydrogens is 383 g/mol. The summed E-state index contributed by atoms with van der Waals surface area (Å²) in [5.74, 6) is -0.160. The van der Waals surface area contributed by atoms with E-state index in [9.17, 15) is 9.90 Å². The maximum Gasteiger partial charge on any atom is 0.310 e. The third-order valence-corrected chi connectivity index (χ3v) is 6.14. The lowest BCUT2D eigenvalue weighted by atomic mass is 9.62. The van der Waals surface area contributed by atoms with Gasteiger partial charge in [-0.15, -0.1) is 0 Å². The number of carboxylic acid groups (broad SMARTS) is 1. The zero-order valence-electron chi connectivity index (χ0n) is 15.1. The molecule has 1 atom stereocenters. The van der Waals surface area contributed by atoms with Crippen molar-refractivity contribution in [2.24, 2.45) is 16.7 Å². The summed E-state index contributed by atoms with van der Waals surface area (Å²) in [7, 11) is 0. The Morgan fingerprint density at radius 1 is 1.30 bits per heavy atom. The first-order valence-corrected chi connectivity index (χ1v) is 9.65. The number of aliphatic carboxylic acids is 1. The van der Waals surface area contributed by atoms with E-state index < -0.39 is 16.8 Å². The summed E-state index contributed by atoms with van der Waals surface area (Å²) in [4.78, 5) is 20.0. The number of carbonyl (C=O) groups is 1. The Morgan fingerprint density at radius 3 is 2.59 bits per heavy atom. The zero-order valence-corrected chi connectivity index (χ0v) is 16.6. The minimum Gasteiger partial charge on any atom is -0.481 e. The summed E-state index contributed by atoms with van der Waals surface area (Å²) in [5, 5.41) is 9.80. The number of benzene rings is 1. The highest BCUT2D eigenvalue weighted by molar-refractivity contribution is 6.56. The van der Waals surface area contributed by atoms with E-state index in [1.807, 2.05) is 36.4 Å². The molecule has 1 aromatic carbocycles. The Kier molecular flexibility index (Phi) is 4.24. The molecule has 0 bridgehead atoms. The Morgan fingerprint density at radius 2 is 2.00 bits per heavy atom. The number of hydrogen-bond donors (Lipinski definition) is 2. The van der Waals surface area contributed by atoms with Crippen molar-refractivity contribution in [3.8, 4) is 0 Å². The van der Waals surface area contributed by atoms with Crippen LogP contribution in [-0.4, -0.2) is 21.0 Å². The summed E-state index contributed by atoms with van der Waals surface area (Å²) in [5.41, 5.74) is 2.41. The zero-order chi connectivity index (χ0) is 19.4. The van der Waals surface area contributed by atoms with E-state index in [1.54, 1.807) is 6.08 Å². The number of aromatic nitrogens is 2. The maximum atomic E-state index is 11.9. The number of rotatable bonds is 4. The van der Waals surface area contributed by atoms with Crippen molar-refractivity contribution in [2.75, 3.05) is 0 Å². The first-order chi connectivity index (χ1) is 12.8.